The van der Waals surface area contributed by atoms with Gasteiger partial charge in [-0.2, -0.15) is 13.2 Å². The second-order valence-electron chi connectivity index (χ2n) is 8.68. The number of pyridine rings is 1. The highest BCUT2D eigenvalue weighted by Gasteiger charge is 2.66. The zero-order chi connectivity index (χ0) is 26.1. The van der Waals surface area contributed by atoms with Crippen molar-refractivity contribution in [2.45, 2.75) is 30.9 Å². The molecule has 2 aromatic heterocycles. The topological polar surface area (TPSA) is 114 Å². The second-order valence-corrected chi connectivity index (χ2v) is 10.9. The van der Waals surface area contributed by atoms with Gasteiger partial charge in [0.05, 0.1) is 12.2 Å². The van der Waals surface area contributed by atoms with Crippen LogP contribution in [-0.4, -0.2) is 49.2 Å². The maximum Gasteiger partial charge on any atom is 0.401 e. The number of alkyl halides is 3. The van der Waals surface area contributed by atoms with Gasteiger partial charge < -0.3 is 15.2 Å². The minimum atomic E-state index is -4.47. The maximum atomic E-state index is 14.7. The molecule has 36 heavy (non-hydrogen) atoms. The van der Waals surface area contributed by atoms with Crippen LogP contribution >= 0.6 is 0 Å². The highest BCUT2D eigenvalue weighted by Crippen LogP contribution is 2.59. The molecule has 0 spiro atoms. The van der Waals surface area contributed by atoms with Crippen LogP contribution in [0.25, 0.3) is 11.1 Å². The van der Waals surface area contributed by atoms with Crippen molar-refractivity contribution in [2.75, 3.05) is 29.2 Å². The highest BCUT2D eigenvalue weighted by molar-refractivity contribution is 7.90. The zero-order valence-corrected chi connectivity index (χ0v) is 19.8. The number of hydrogen-bond donors (Lipinski definition) is 2. The second kappa shape index (κ2) is 9.52. The summed E-state index contributed by atoms with van der Waals surface area (Å²) in [5.74, 6) is -1.40. The van der Waals surface area contributed by atoms with E-state index < -0.39 is 33.2 Å². The maximum absolute atomic E-state index is 14.7. The van der Waals surface area contributed by atoms with Crippen molar-refractivity contribution in [3.8, 4) is 11.1 Å². The Balaban J connectivity index is 1.36. The number of nitrogens with one attached hydrogen (secondary N) is 2. The molecule has 0 saturated heterocycles. The van der Waals surface area contributed by atoms with Gasteiger partial charge in [0.2, 0.25) is 5.91 Å². The van der Waals surface area contributed by atoms with Crippen LogP contribution < -0.4 is 10.6 Å². The van der Waals surface area contributed by atoms with Crippen molar-refractivity contribution in [3.63, 3.8) is 0 Å². The van der Waals surface area contributed by atoms with E-state index in [-0.39, 0.29) is 48.7 Å². The van der Waals surface area contributed by atoms with Crippen LogP contribution in [0.1, 0.15) is 24.2 Å². The number of nitrogens with zero attached hydrogens (tertiary/aromatic N) is 2. The average Bonchev–Trinajstić information content (AvgIpc) is 3.49. The van der Waals surface area contributed by atoms with E-state index in [2.05, 4.69) is 20.8 Å². The standard InChI is InChI=1S/C23H22F4N4O4S/c1-36(33,34)9-8-28-19-5-4-16(13-29-19)14-2-3-15(17(24)10-14)11-21(32)30-20-12-18(35-31-20)22(6-7-22)23(25,26)27/h2-5,10,12-13H,6-9,11H2,1H3,(H,28,29)(H,30,31,32). The van der Waals surface area contributed by atoms with Crippen LogP contribution in [0.2, 0.25) is 0 Å². The molecule has 2 heterocycles. The summed E-state index contributed by atoms with van der Waals surface area (Å²) in [7, 11) is -3.10. The van der Waals surface area contributed by atoms with Crippen molar-refractivity contribution < 1.29 is 35.3 Å². The van der Waals surface area contributed by atoms with Gasteiger partial charge >= 0.3 is 6.18 Å². The Bertz CT molecular complexity index is 1370. The van der Waals surface area contributed by atoms with E-state index in [1.807, 2.05) is 0 Å². The first kappa shape index (κ1) is 25.6. The molecule has 3 aromatic rings. The van der Waals surface area contributed by atoms with Gasteiger partial charge in [0.25, 0.3) is 0 Å². The lowest BCUT2D eigenvalue weighted by Crippen LogP contribution is -2.28. The summed E-state index contributed by atoms with van der Waals surface area (Å²) in [6, 6.07) is 8.64. The Morgan fingerprint density at radius 1 is 1.11 bits per heavy atom. The summed E-state index contributed by atoms with van der Waals surface area (Å²) >= 11 is 0. The molecule has 13 heteroatoms. The van der Waals surface area contributed by atoms with E-state index in [1.54, 1.807) is 18.2 Å². The van der Waals surface area contributed by atoms with Crippen LogP contribution in [-0.2, 0) is 26.5 Å². The Hall–Kier alpha value is -3.48. The summed E-state index contributed by atoms with van der Waals surface area (Å²) in [6.07, 6.45) is -2.40. The number of sulfone groups is 1. The molecular formula is C23H22F4N4O4S. The average molecular weight is 527 g/mol. The van der Waals surface area contributed by atoms with Crippen LogP contribution in [0.5, 0.6) is 0 Å². The van der Waals surface area contributed by atoms with Crippen LogP contribution in [0.4, 0.5) is 29.2 Å². The van der Waals surface area contributed by atoms with E-state index >= 15 is 0 Å². The van der Waals surface area contributed by atoms with Crippen molar-refractivity contribution >= 4 is 27.4 Å². The Kier molecular flexibility index (Phi) is 6.78. The quantitative estimate of drug-likeness (QED) is 0.404. The van der Waals surface area contributed by atoms with E-state index in [0.717, 1.165) is 12.3 Å². The molecule has 0 bridgehead atoms. The number of anilines is 2. The molecule has 1 aliphatic carbocycles. The summed E-state index contributed by atoms with van der Waals surface area (Å²) in [4.78, 5) is 16.5. The van der Waals surface area contributed by atoms with Gasteiger partial charge in [0.1, 0.15) is 26.9 Å². The number of rotatable bonds is 9. The monoisotopic (exact) mass is 526 g/mol. The predicted molar refractivity (Wildman–Crippen MR) is 124 cm³/mol. The minimum absolute atomic E-state index is 0.0388. The van der Waals surface area contributed by atoms with Gasteiger partial charge in [0, 0.05) is 30.6 Å². The number of amides is 1. The molecule has 0 aliphatic heterocycles. The molecule has 4 rings (SSSR count). The summed E-state index contributed by atoms with van der Waals surface area (Å²) < 4.78 is 81.5. The number of benzene rings is 1. The van der Waals surface area contributed by atoms with Gasteiger partial charge in [-0.15, -0.1) is 0 Å². The first-order chi connectivity index (χ1) is 16.9. The number of carbonyl (C=O) groups excluding carboxylic acids is 1. The molecule has 0 atom stereocenters. The van der Waals surface area contributed by atoms with Gasteiger partial charge in [0.15, 0.2) is 11.6 Å². The molecule has 0 radical (unpaired) electrons. The molecule has 1 saturated carbocycles. The first-order valence-corrected chi connectivity index (χ1v) is 12.9. The van der Waals surface area contributed by atoms with Crippen molar-refractivity contribution in [3.05, 3.63) is 59.7 Å². The minimum Gasteiger partial charge on any atom is -0.369 e. The summed E-state index contributed by atoms with van der Waals surface area (Å²) in [5, 5.41) is 8.71. The lowest BCUT2D eigenvalue weighted by Gasteiger charge is -2.14. The van der Waals surface area contributed by atoms with Crippen LogP contribution in [0.15, 0.2) is 47.1 Å². The zero-order valence-electron chi connectivity index (χ0n) is 19.0. The van der Waals surface area contributed by atoms with E-state index in [0.29, 0.717) is 16.9 Å². The van der Waals surface area contributed by atoms with Gasteiger partial charge in [-0.05, 0) is 42.2 Å². The highest BCUT2D eigenvalue weighted by atomic mass is 32.2. The molecule has 0 unspecified atom stereocenters. The van der Waals surface area contributed by atoms with Crippen molar-refractivity contribution in [1.82, 2.24) is 10.1 Å². The molecule has 2 N–H and O–H groups in total. The van der Waals surface area contributed by atoms with Gasteiger partial charge in [-0.3, -0.25) is 4.79 Å². The molecule has 1 amide bonds. The largest absolute Gasteiger partial charge is 0.401 e. The predicted octanol–water partition coefficient (Wildman–Crippen LogP) is 4.11. The Morgan fingerprint density at radius 3 is 2.42 bits per heavy atom. The van der Waals surface area contributed by atoms with Gasteiger partial charge in [-0.1, -0.05) is 17.3 Å². The molecule has 192 valence electrons. The Morgan fingerprint density at radius 2 is 1.83 bits per heavy atom. The van der Waals surface area contributed by atoms with Crippen LogP contribution in [0.3, 0.4) is 0 Å². The first-order valence-electron chi connectivity index (χ1n) is 10.9. The molecule has 1 fully saturated rings. The molecule has 1 aliphatic rings. The van der Waals surface area contributed by atoms with E-state index in [1.165, 1.54) is 18.3 Å². The number of carbonyl (C=O) groups is 1. The third-order valence-electron chi connectivity index (χ3n) is 5.82. The smallest absolute Gasteiger partial charge is 0.369 e. The molecular weight excluding hydrogens is 504 g/mol. The SMILES string of the molecule is CS(=O)(=O)CCNc1ccc(-c2ccc(CC(=O)Nc3cc(C4(C(F)(F)F)CC4)on3)c(F)c2)cn1. The van der Waals surface area contributed by atoms with Crippen LogP contribution in [0, 0.1) is 5.82 Å². The van der Waals surface area contributed by atoms with E-state index in [4.69, 9.17) is 4.52 Å². The summed E-state index contributed by atoms with van der Waals surface area (Å²) in [6.45, 7) is 0.204. The fourth-order valence-corrected chi connectivity index (χ4v) is 4.09. The van der Waals surface area contributed by atoms with Crippen molar-refractivity contribution in [1.29, 1.82) is 0 Å². The third kappa shape index (κ3) is 5.83. The molecule has 1 aromatic carbocycles. The number of aromatic nitrogens is 2. The summed E-state index contributed by atoms with van der Waals surface area (Å²) in [5.41, 5.74) is -0.854. The lowest BCUT2D eigenvalue weighted by atomic mass is 10.0. The number of halogens is 4. The fraction of sp³-hybridized carbons (Fsp3) is 0.348. The van der Waals surface area contributed by atoms with E-state index in [9.17, 15) is 30.8 Å². The van der Waals surface area contributed by atoms with Gasteiger partial charge in [-0.25, -0.2) is 17.8 Å². The lowest BCUT2D eigenvalue weighted by molar-refractivity contribution is -0.165. The number of hydrogen-bond acceptors (Lipinski definition) is 7. The molecule has 8 nitrogen and oxygen atoms in total. The Labute approximate surface area is 204 Å². The third-order valence-corrected chi connectivity index (χ3v) is 6.77. The fourth-order valence-electron chi connectivity index (χ4n) is 3.62. The normalized spacial score (nSPS) is 14.9. The van der Waals surface area contributed by atoms with Crippen molar-refractivity contribution in [2.24, 2.45) is 0 Å².